The molecule has 0 saturated carbocycles. The van der Waals surface area contributed by atoms with Gasteiger partial charge in [0.1, 0.15) is 11.8 Å². The van der Waals surface area contributed by atoms with Crippen LogP contribution in [0.4, 0.5) is 5.69 Å². The van der Waals surface area contributed by atoms with Crippen molar-refractivity contribution in [3.8, 4) is 5.75 Å². The Morgan fingerprint density at radius 1 is 1.44 bits per heavy atom. The van der Waals surface area contributed by atoms with Crippen LogP contribution in [-0.2, 0) is 16.0 Å². The van der Waals surface area contributed by atoms with Crippen molar-refractivity contribution in [1.29, 1.82) is 0 Å². The van der Waals surface area contributed by atoms with E-state index in [1.165, 1.54) is 7.11 Å². The average Bonchev–Trinajstić information content (AvgIpc) is 2.71. The van der Waals surface area contributed by atoms with Crippen LogP contribution in [0.15, 0.2) is 18.2 Å². The summed E-state index contributed by atoms with van der Waals surface area (Å²) in [6.45, 7) is 0. The first-order valence-electron chi connectivity index (χ1n) is 4.76. The smallest absolute Gasteiger partial charge is 0.328 e. The van der Waals surface area contributed by atoms with Crippen molar-refractivity contribution >= 4 is 24.1 Å². The molecule has 5 heteroatoms. The maximum atomic E-state index is 11.4. The van der Waals surface area contributed by atoms with Crippen LogP contribution in [0.3, 0.4) is 0 Å². The van der Waals surface area contributed by atoms with Gasteiger partial charge in [0.05, 0.1) is 14.2 Å². The summed E-state index contributed by atoms with van der Waals surface area (Å²) in [7, 11) is 3.02. The van der Waals surface area contributed by atoms with E-state index < -0.39 is 0 Å². The van der Waals surface area contributed by atoms with Crippen LogP contribution in [0.2, 0.25) is 0 Å². The molecule has 0 aromatic heterocycles. The van der Waals surface area contributed by atoms with Crippen molar-refractivity contribution in [3.63, 3.8) is 0 Å². The van der Waals surface area contributed by atoms with Crippen molar-refractivity contribution < 1.29 is 14.3 Å². The molecule has 0 saturated heterocycles. The molecule has 1 heterocycles. The SMILES string of the molecule is COC(=O)C1Cc2c(cccc2OC)N1.Cl. The number of methoxy groups -OCH3 is 2. The van der Waals surface area contributed by atoms with E-state index in [4.69, 9.17) is 9.47 Å². The Morgan fingerprint density at radius 3 is 2.81 bits per heavy atom. The van der Waals surface area contributed by atoms with Crippen molar-refractivity contribution in [2.75, 3.05) is 19.5 Å². The van der Waals surface area contributed by atoms with E-state index in [0.717, 1.165) is 17.0 Å². The summed E-state index contributed by atoms with van der Waals surface area (Å²) in [5, 5.41) is 3.11. The molecular weight excluding hydrogens is 230 g/mol. The summed E-state index contributed by atoms with van der Waals surface area (Å²) < 4.78 is 9.92. The van der Waals surface area contributed by atoms with Gasteiger partial charge in [-0.2, -0.15) is 0 Å². The number of nitrogens with one attached hydrogen (secondary N) is 1. The summed E-state index contributed by atoms with van der Waals surface area (Å²) in [6.07, 6.45) is 0.617. The van der Waals surface area contributed by atoms with Crippen LogP contribution in [0.1, 0.15) is 5.56 Å². The summed E-state index contributed by atoms with van der Waals surface area (Å²) in [4.78, 5) is 11.4. The average molecular weight is 244 g/mol. The van der Waals surface area contributed by atoms with Crippen LogP contribution in [-0.4, -0.2) is 26.2 Å². The van der Waals surface area contributed by atoms with E-state index >= 15 is 0 Å². The Labute approximate surface area is 100 Å². The lowest BCUT2D eigenvalue weighted by Crippen LogP contribution is -2.27. The number of benzene rings is 1. The molecular formula is C11H14ClNO3. The summed E-state index contributed by atoms with van der Waals surface area (Å²) in [5.74, 6) is 0.569. The first-order chi connectivity index (χ1) is 7.26. The molecule has 4 nitrogen and oxygen atoms in total. The minimum Gasteiger partial charge on any atom is -0.496 e. The Morgan fingerprint density at radius 2 is 2.19 bits per heavy atom. The third-order valence-electron chi connectivity index (χ3n) is 2.58. The zero-order chi connectivity index (χ0) is 10.8. The predicted molar refractivity (Wildman–Crippen MR) is 63.4 cm³/mol. The zero-order valence-electron chi connectivity index (χ0n) is 9.15. The Hall–Kier alpha value is -1.42. The monoisotopic (exact) mass is 243 g/mol. The number of carbonyl (C=O) groups excluding carboxylic acids is 1. The molecule has 1 aromatic rings. The van der Waals surface area contributed by atoms with Gasteiger partial charge in [0, 0.05) is 17.7 Å². The first kappa shape index (κ1) is 12.6. The van der Waals surface area contributed by atoms with Crippen molar-refractivity contribution in [2.45, 2.75) is 12.5 Å². The van der Waals surface area contributed by atoms with Crippen LogP contribution < -0.4 is 10.1 Å². The Kier molecular flexibility index (Phi) is 4.01. The van der Waals surface area contributed by atoms with Gasteiger partial charge in [0.15, 0.2) is 0 Å². The highest BCUT2D eigenvalue weighted by Crippen LogP contribution is 2.33. The first-order valence-corrected chi connectivity index (χ1v) is 4.76. The van der Waals surface area contributed by atoms with Crippen molar-refractivity contribution in [1.82, 2.24) is 0 Å². The quantitative estimate of drug-likeness (QED) is 0.802. The second-order valence-electron chi connectivity index (χ2n) is 3.41. The lowest BCUT2D eigenvalue weighted by molar-refractivity contribution is -0.141. The molecule has 1 unspecified atom stereocenters. The fourth-order valence-corrected chi connectivity index (χ4v) is 1.83. The minimum atomic E-state index is -0.290. The van der Waals surface area contributed by atoms with E-state index in [1.807, 2.05) is 18.2 Å². The Balaban J connectivity index is 0.00000128. The van der Waals surface area contributed by atoms with Gasteiger partial charge in [0.25, 0.3) is 0 Å². The lowest BCUT2D eigenvalue weighted by atomic mass is 10.1. The van der Waals surface area contributed by atoms with Gasteiger partial charge in [-0.05, 0) is 12.1 Å². The van der Waals surface area contributed by atoms with Crippen molar-refractivity contribution in [3.05, 3.63) is 23.8 Å². The normalized spacial score (nSPS) is 16.8. The van der Waals surface area contributed by atoms with Crippen LogP contribution in [0, 0.1) is 0 Å². The standard InChI is InChI=1S/C11H13NO3.ClH/c1-14-10-5-3-4-8-7(10)6-9(12-8)11(13)15-2;/h3-5,9,12H,6H2,1-2H3;1H. The lowest BCUT2D eigenvalue weighted by Gasteiger charge is -2.07. The molecule has 1 atom stereocenters. The maximum Gasteiger partial charge on any atom is 0.328 e. The third-order valence-corrected chi connectivity index (χ3v) is 2.58. The zero-order valence-corrected chi connectivity index (χ0v) is 9.97. The van der Waals surface area contributed by atoms with Gasteiger partial charge in [-0.3, -0.25) is 0 Å². The third kappa shape index (κ3) is 2.07. The number of rotatable bonds is 2. The van der Waals surface area contributed by atoms with Crippen molar-refractivity contribution in [2.24, 2.45) is 0 Å². The van der Waals surface area contributed by atoms with E-state index in [2.05, 4.69) is 5.32 Å². The summed E-state index contributed by atoms with van der Waals surface area (Å²) >= 11 is 0. The molecule has 1 aliphatic heterocycles. The largest absolute Gasteiger partial charge is 0.496 e. The summed E-state index contributed by atoms with van der Waals surface area (Å²) in [6, 6.07) is 5.42. The van der Waals surface area contributed by atoms with Gasteiger partial charge in [-0.1, -0.05) is 6.07 Å². The van der Waals surface area contributed by atoms with Gasteiger partial charge >= 0.3 is 5.97 Å². The van der Waals surface area contributed by atoms with Gasteiger partial charge in [-0.25, -0.2) is 4.79 Å². The molecule has 0 amide bonds. The number of anilines is 1. The molecule has 0 bridgehead atoms. The number of ether oxygens (including phenoxy) is 2. The maximum absolute atomic E-state index is 11.4. The van der Waals surface area contributed by atoms with Crippen LogP contribution >= 0.6 is 12.4 Å². The number of carbonyl (C=O) groups is 1. The molecule has 0 fully saturated rings. The second kappa shape index (κ2) is 5.07. The number of esters is 1. The molecule has 0 spiro atoms. The highest BCUT2D eigenvalue weighted by Gasteiger charge is 2.29. The molecule has 1 aromatic carbocycles. The minimum absolute atomic E-state index is 0. The number of halogens is 1. The molecule has 2 rings (SSSR count). The predicted octanol–water partition coefficient (Wildman–Crippen LogP) is 1.63. The molecule has 1 N–H and O–H groups in total. The molecule has 88 valence electrons. The fourth-order valence-electron chi connectivity index (χ4n) is 1.83. The van der Waals surface area contributed by atoms with E-state index in [0.29, 0.717) is 6.42 Å². The fraction of sp³-hybridized carbons (Fsp3) is 0.364. The van der Waals surface area contributed by atoms with Gasteiger partial charge < -0.3 is 14.8 Å². The highest BCUT2D eigenvalue weighted by molar-refractivity contribution is 5.85. The molecule has 0 radical (unpaired) electrons. The van der Waals surface area contributed by atoms with E-state index in [9.17, 15) is 4.79 Å². The topological polar surface area (TPSA) is 47.6 Å². The number of hydrogen-bond donors (Lipinski definition) is 1. The molecule has 0 aliphatic carbocycles. The molecule has 16 heavy (non-hydrogen) atoms. The van der Waals surface area contributed by atoms with Gasteiger partial charge in [0.2, 0.25) is 0 Å². The number of hydrogen-bond acceptors (Lipinski definition) is 4. The van der Waals surface area contributed by atoms with Gasteiger partial charge in [-0.15, -0.1) is 12.4 Å². The van der Waals surface area contributed by atoms with Crippen LogP contribution in [0.5, 0.6) is 5.75 Å². The molecule has 1 aliphatic rings. The second-order valence-corrected chi connectivity index (χ2v) is 3.41. The number of fused-ring (bicyclic) bond motifs is 1. The van der Waals surface area contributed by atoms with E-state index in [1.54, 1.807) is 7.11 Å². The van der Waals surface area contributed by atoms with E-state index in [-0.39, 0.29) is 24.4 Å². The Bertz CT molecular complexity index is 395. The summed E-state index contributed by atoms with van der Waals surface area (Å²) in [5.41, 5.74) is 1.99. The highest BCUT2D eigenvalue weighted by atomic mass is 35.5. The van der Waals surface area contributed by atoms with Crippen LogP contribution in [0.25, 0.3) is 0 Å².